The summed E-state index contributed by atoms with van der Waals surface area (Å²) in [6.45, 7) is 2.55. The summed E-state index contributed by atoms with van der Waals surface area (Å²) in [5.74, 6) is -0.290. The molecule has 1 N–H and O–H groups in total. The van der Waals surface area contributed by atoms with E-state index in [-0.39, 0.29) is 11.8 Å². The van der Waals surface area contributed by atoms with Crippen LogP contribution in [0.25, 0.3) is 6.08 Å². The van der Waals surface area contributed by atoms with E-state index in [9.17, 15) is 13.2 Å². The summed E-state index contributed by atoms with van der Waals surface area (Å²) in [6.07, 6.45) is 2.59. The Bertz CT molecular complexity index is 966. The average Bonchev–Trinajstić information content (AvgIpc) is 2.69. The Kier molecular flexibility index (Phi) is 6.54. The van der Waals surface area contributed by atoms with Crippen molar-refractivity contribution in [1.82, 2.24) is 4.31 Å². The summed E-state index contributed by atoms with van der Waals surface area (Å²) in [5, 5.41) is 4.79. The molecule has 28 heavy (non-hydrogen) atoms. The fourth-order valence-corrected chi connectivity index (χ4v) is 4.64. The molecule has 2 aromatic carbocycles. The SMILES string of the molecule is Cc1cc(Cl)ccc1NC(=O)C1CCN(S(=O)(=O)/C=C/c2ccccc2)CC1. The van der Waals surface area contributed by atoms with Crippen LogP contribution in [0.1, 0.15) is 24.0 Å². The number of halogens is 1. The number of carbonyl (C=O) groups is 1. The second kappa shape index (κ2) is 8.90. The van der Waals surface area contributed by atoms with E-state index in [1.54, 1.807) is 24.3 Å². The van der Waals surface area contributed by atoms with E-state index in [0.717, 1.165) is 16.8 Å². The third-order valence-corrected chi connectivity index (χ3v) is 6.66. The van der Waals surface area contributed by atoms with Crippen molar-refractivity contribution in [2.75, 3.05) is 18.4 Å². The Morgan fingerprint density at radius 1 is 1.14 bits per heavy atom. The maximum Gasteiger partial charge on any atom is 0.236 e. The van der Waals surface area contributed by atoms with Crippen molar-refractivity contribution in [2.45, 2.75) is 19.8 Å². The Hall–Kier alpha value is -2.15. The molecule has 2 aromatic rings. The first-order valence-corrected chi connectivity index (χ1v) is 11.0. The first kappa shape index (κ1) is 20.6. The smallest absolute Gasteiger partial charge is 0.236 e. The molecular formula is C21H23ClN2O3S. The number of amides is 1. The van der Waals surface area contributed by atoms with Crippen LogP contribution in [-0.4, -0.2) is 31.7 Å². The first-order chi connectivity index (χ1) is 13.3. The predicted octanol–water partition coefficient (Wildman–Crippen LogP) is 4.30. The molecule has 0 atom stereocenters. The molecule has 0 unspecified atom stereocenters. The van der Waals surface area contributed by atoms with Crippen LogP contribution in [0.3, 0.4) is 0 Å². The lowest BCUT2D eigenvalue weighted by Crippen LogP contribution is -2.40. The summed E-state index contributed by atoms with van der Waals surface area (Å²) in [6, 6.07) is 14.6. The van der Waals surface area contributed by atoms with Gasteiger partial charge >= 0.3 is 0 Å². The largest absolute Gasteiger partial charge is 0.326 e. The number of sulfonamides is 1. The Morgan fingerprint density at radius 3 is 2.46 bits per heavy atom. The van der Waals surface area contributed by atoms with Gasteiger partial charge in [0.25, 0.3) is 0 Å². The molecule has 7 heteroatoms. The summed E-state index contributed by atoms with van der Waals surface area (Å²) in [7, 11) is -3.49. The Balaban J connectivity index is 1.57. The normalized spacial score (nSPS) is 16.4. The van der Waals surface area contributed by atoms with Crippen molar-refractivity contribution in [3.8, 4) is 0 Å². The average molecular weight is 419 g/mol. The van der Waals surface area contributed by atoms with Crippen LogP contribution in [0.5, 0.6) is 0 Å². The fourth-order valence-electron chi connectivity index (χ4n) is 3.19. The number of carbonyl (C=O) groups excluding carboxylic acids is 1. The molecule has 1 heterocycles. The van der Waals surface area contributed by atoms with Crippen LogP contribution in [-0.2, 0) is 14.8 Å². The zero-order chi connectivity index (χ0) is 20.1. The molecule has 1 aliphatic heterocycles. The number of aryl methyl sites for hydroxylation is 1. The third-order valence-electron chi connectivity index (χ3n) is 4.86. The minimum Gasteiger partial charge on any atom is -0.326 e. The highest BCUT2D eigenvalue weighted by molar-refractivity contribution is 7.92. The number of hydrogen-bond donors (Lipinski definition) is 1. The molecule has 0 aliphatic carbocycles. The lowest BCUT2D eigenvalue weighted by atomic mass is 9.97. The molecule has 0 saturated carbocycles. The van der Waals surface area contributed by atoms with Crippen molar-refractivity contribution in [2.24, 2.45) is 5.92 Å². The summed E-state index contributed by atoms with van der Waals surface area (Å²) in [4.78, 5) is 12.5. The predicted molar refractivity (Wildman–Crippen MR) is 114 cm³/mol. The maximum atomic E-state index is 12.5. The van der Waals surface area contributed by atoms with Gasteiger partial charge in [-0.25, -0.2) is 8.42 Å². The van der Waals surface area contributed by atoms with E-state index >= 15 is 0 Å². The van der Waals surface area contributed by atoms with Crippen LogP contribution < -0.4 is 5.32 Å². The minimum absolute atomic E-state index is 0.0812. The lowest BCUT2D eigenvalue weighted by Gasteiger charge is -2.29. The van der Waals surface area contributed by atoms with Crippen molar-refractivity contribution in [3.05, 3.63) is 70.1 Å². The van der Waals surface area contributed by atoms with Crippen molar-refractivity contribution in [1.29, 1.82) is 0 Å². The molecule has 148 valence electrons. The van der Waals surface area contributed by atoms with Gasteiger partial charge in [-0.1, -0.05) is 41.9 Å². The third kappa shape index (κ3) is 5.22. The van der Waals surface area contributed by atoms with Gasteiger partial charge in [-0.15, -0.1) is 0 Å². The minimum atomic E-state index is -3.49. The van der Waals surface area contributed by atoms with Crippen molar-refractivity contribution < 1.29 is 13.2 Å². The number of anilines is 1. The summed E-state index contributed by atoms with van der Waals surface area (Å²) >= 11 is 5.95. The molecule has 1 saturated heterocycles. The van der Waals surface area contributed by atoms with E-state index in [1.165, 1.54) is 9.71 Å². The number of piperidine rings is 1. The standard InChI is InChI=1S/C21H23ClN2O3S/c1-16-15-19(22)7-8-20(16)23-21(25)18-9-12-24(13-10-18)28(26,27)14-11-17-5-3-2-4-6-17/h2-8,11,14-15,18H,9-10,12-13H2,1H3,(H,23,25)/b14-11+. The van der Waals surface area contributed by atoms with Gasteiger partial charge in [-0.2, -0.15) is 4.31 Å². The monoisotopic (exact) mass is 418 g/mol. The Labute approximate surface area is 171 Å². The molecule has 5 nitrogen and oxygen atoms in total. The zero-order valence-corrected chi connectivity index (χ0v) is 17.2. The Morgan fingerprint density at radius 2 is 1.82 bits per heavy atom. The van der Waals surface area contributed by atoms with E-state index in [4.69, 9.17) is 11.6 Å². The molecule has 3 rings (SSSR count). The molecule has 0 aromatic heterocycles. The van der Waals surface area contributed by atoms with E-state index < -0.39 is 10.0 Å². The number of nitrogens with one attached hydrogen (secondary N) is 1. The molecular weight excluding hydrogens is 396 g/mol. The van der Waals surface area contributed by atoms with Crippen LogP contribution >= 0.6 is 11.6 Å². The van der Waals surface area contributed by atoms with Crippen molar-refractivity contribution in [3.63, 3.8) is 0 Å². The summed E-state index contributed by atoms with van der Waals surface area (Å²) < 4.78 is 26.5. The molecule has 1 amide bonds. The van der Waals surface area contributed by atoms with E-state index in [1.807, 2.05) is 37.3 Å². The van der Waals surface area contributed by atoms with Gasteiger partial charge in [-0.05, 0) is 55.2 Å². The van der Waals surface area contributed by atoms with Gasteiger partial charge in [0.05, 0.1) is 0 Å². The van der Waals surface area contributed by atoms with Gasteiger partial charge in [0, 0.05) is 35.1 Å². The van der Waals surface area contributed by atoms with Crippen LogP contribution in [0.4, 0.5) is 5.69 Å². The van der Waals surface area contributed by atoms with Crippen LogP contribution in [0.15, 0.2) is 53.9 Å². The summed E-state index contributed by atoms with van der Waals surface area (Å²) in [5.41, 5.74) is 2.46. The van der Waals surface area contributed by atoms with E-state index in [2.05, 4.69) is 5.32 Å². The van der Waals surface area contributed by atoms with Crippen molar-refractivity contribution >= 4 is 39.3 Å². The highest BCUT2D eigenvalue weighted by Gasteiger charge is 2.30. The van der Waals surface area contributed by atoms with Crippen LogP contribution in [0, 0.1) is 12.8 Å². The van der Waals surface area contributed by atoms with Gasteiger partial charge < -0.3 is 5.32 Å². The molecule has 0 bridgehead atoms. The molecule has 0 spiro atoms. The van der Waals surface area contributed by atoms with Gasteiger partial charge in [-0.3, -0.25) is 4.79 Å². The fraction of sp³-hybridized carbons (Fsp3) is 0.286. The molecule has 1 fully saturated rings. The lowest BCUT2D eigenvalue weighted by molar-refractivity contribution is -0.120. The molecule has 0 radical (unpaired) electrons. The number of benzene rings is 2. The number of rotatable bonds is 5. The van der Waals surface area contributed by atoms with E-state index in [0.29, 0.717) is 31.0 Å². The van der Waals surface area contributed by atoms with Gasteiger partial charge in [0.1, 0.15) is 0 Å². The highest BCUT2D eigenvalue weighted by Crippen LogP contribution is 2.24. The zero-order valence-electron chi connectivity index (χ0n) is 15.6. The highest BCUT2D eigenvalue weighted by atomic mass is 35.5. The second-order valence-corrected chi connectivity index (χ2v) is 9.14. The molecule has 1 aliphatic rings. The van der Waals surface area contributed by atoms with Gasteiger partial charge in [0.15, 0.2) is 0 Å². The van der Waals surface area contributed by atoms with Gasteiger partial charge in [0.2, 0.25) is 15.9 Å². The van der Waals surface area contributed by atoms with Crippen LogP contribution in [0.2, 0.25) is 5.02 Å². The maximum absolute atomic E-state index is 12.5. The number of nitrogens with zero attached hydrogens (tertiary/aromatic N) is 1. The second-order valence-electron chi connectivity index (χ2n) is 6.88. The topological polar surface area (TPSA) is 66.5 Å². The first-order valence-electron chi connectivity index (χ1n) is 9.15. The quantitative estimate of drug-likeness (QED) is 0.787. The number of hydrogen-bond acceptors (Lipinski definition) is 3.